The summed E-state index contributed by atoms with van der Waals surface area (Å²) in [7, 11) is 0. The first-order valence-electron chi connectivity index (χ1n) is 5.75. The molecule has 1 amide bonds. The minimum atomic E-state index is 0.0611. The number of carbonyl (C=O) groups excluding carboxylic acids is 1. The summed E-state index contributed by atoms with van der Waals surface area (Å²) in [6.07, 6.45) is 0. The Kier molecular flexibility index (Phi) is 3.72. The van der Waals surface area contributed by atoms with Gasteiger partial charge in [0.1, 0.15) is 5.75 Å². The zero-order chi connectivity index (χ0) is 12.4. The van der Waals surface area contributed by atoms with Crippen molar-refractivity contribution in [1.82, 2.24) is 4.90 Å². The molecular formula is C13H16BrNO2. The maximum atomic E-state index is 11.9. The first kappa shape index (κ1) is 12.4. The second kappa shape index (κ2) is 5.08. The Morgan fingerprint density at radius 2 is 2.24 bits per heavy atom. The van der Waals surface area contributed by atoms with Gasteiger partial charge in [0.2, 0.25) is 0 Å². The van der Waals surface area contributed by atoms with E-state index in [2.05, 4.69) is 29.8 Å². The van der Waals surface area contributed by atoms with Crippen LogP contribution >= 0.6 is 15.9 Å². The lowest BCUT2D eigenvalue weighted by molar-refractivity contribution is -0.133. The van der Waals surface area contributed by atoms with Crippen molar-refractivity contribution in [2.75, 3.05) is 13.2 Å². The summed E-state index contributed by atoms with van der Waals surface area (Å²) in [6, 6.07) is 5.86. The van der Waals surface area contributed by atoms with Gasteiger partial charge >= 0.3 is 0 Å². The number of fused-ring (bicyclic) bond motifs is 1. The molecule has 0 spiro atoms. The number of halogens is 1. The highest BCUT2D eigenvalue weighted by atomic mass is 79.9. The molecule has 0 N–H and O–H groups in total. The average molecular weight is 298 g/mol. The third-order valence-corrected chi connectivity index (χ3v) is 3.17. The van der Waals surface area contributed by atoms with E-state index >= 15 is 0 Å². The number of carbonyl (C=O) groups is 1. The van der Waals surface area contributed by atoms with Gasteiger partial charge in [0.05, 0.1) is 0 Å². The van der Waals surface area contributed by atoms with E-state index < -0.39 is 0 Å². The minimum absolute atomic E-state index is 0.0611. The molecule has 1 aliphatic heterocycles. The van der Waals surface area contributed by atoms with Crippen LogP contribution in [-0.4, -0.2) is 24.0 Å². The second-order valence-corrected chi connectivity index (χ2v) is 5.62. The standard InChI is InChI=1S/C13H16BrNO2/c1-9(2)6-15-7-10-5-11(14)3-4-12(10)17-8-13(15)16/h3-5,9H,6-8H2,1-2H3. The van der Waals surface area contributed by atoms with Crippen molar-refractivity contribution >= 4 is 21.8 Å². The van der Waals surface area contributed by atoms with E-state index in [1.54, 1.807) is 0 Å². The van der Waals surface area contributed by atoms with Crippen molar-refractivity contribution in [2.24, 2.45) is 5.92 Å². The van der Waals surface area contributed by atoms with E-state index in [-0.39, 0.29) is 12.5 Å². The van der Waals surface area contributed by atoms with E-state index in [9.17, 15) is 4.79 Å². The van der Waals surface area contributed by atoms with Crippen LogP contribution in [0.25, 0.3) is 0 Å². The Hall–Kier alpha value is -1.03. The van der Waals surface area contributed by atoms with E-state index in [0.717, 1.165) is 22.3 Å². The summed E-state index contributed by atoms with van der Waals surface area (Å²) >= 11 is 3.44. The monoisotopic (exact) mass is 297 g/mol. The third kappa shape index (κ3) is 3.00. The Morgan fingerprint density at radius 3 is 2.94 bits per heavy atom. The Balaban J connectivity index is 2.25. The lowest BCUT2D eigenvalue weighted by atomic mass is 10.1. The van der Waals surface area contributed by atoms with Crippen LogP contribution in [-0.2, 0) is 11.3 Å². The van der Waals surface area contributed by atoms with Gasteiger partial charge in [-0.15, -0.1) is 0 Å². The smallest absolute Gasteiger partial charge is 0.260 e. The molecule has 2 rings (SSSR count). The lowest BCUT2D eigenvalue weighted by Crippen LogP contribution is -2.35. The van der Waals surface area contributed by atoms with Gasteiger partial charge in [-0.25, -0.2) is 0 Å². The number of hydrogen-bond donors (Lipinski definition) is 0. The molecule has 1 aromatic carbocycles. The first-order valence-corrected chi connectivity index (χ1v) is 6.54. The third-order valence-electron chi connectivity index (χ3n) is 2.67. The van der Waals surface area contributed by atoms with Crippen molar-refractivity contribution < 1.29 is 9.53 Å². The van der Waals surface area contributed by atoms with Crippen LogP contribution in [0, 0.1) is 5.92 Å². The number of amides is 1. The summed E-state index contributed by atoms with van der Waals surface area (Å²) in [4.78, 5) is 13.8. The molecule has 0 radical (unpaired) electrons. The van der Waals surface area contributed by atoms with Gasteiger partial charge < -0.3 is 9.64 Å². The van der Waals surface area contributed by atoms with Crippen LogP contribution in [0.4, 0.5) is 0 Å². The molecule has 0 aromatic heterocycles. The molecule has 3 nitrogen and oxygen atoms in total. The average Bonchev–Trinajstić information content (AvgIpc) is 2.39. The number of benzene rings is 1. The van der Waals surface area contributed by atoms with Gasteiger partial charge in [-0.2, -0.15) is 0 Å². The minimum Gasteiger partial charge on any atom is -0.483 e. The molecule has 1 aromatic rings. The molecular weight excluding hydrogens is 282 g/mol. The summed E-state index contributed by atoms with van der Waals surface area (Å²) in [6.45, 7) is 5.77. The number of nitrogens with zero attached hydrogens (tertiary/aromatic N) is 1. The number of rotatable bonds is 2. The molecule has 92 valence electrons. The Bertz CT molecular complexity index is 431. The van der Waals surface area contributed by atoms with Crippen molar-refractivity contribution in [1.29, 1.82) is 0 Å². The van der Waals surface area contributed by atoms with Crippen LogP contribution in [0.5, 0.6) is 5.75 Å². The summed E-state index contributed by atoms with van der Waals surface area (Å²) in [5.41, 5.74) is 1.06. The zero-order valence-corrected chi connectivity index (χ0v) is 11.7. The molecule has 0 saturated carbocycles. The van der Waals surface area contributed by atoms with Crippen LogP contribution in [0.3, 0.4) is 0 Å². The lowest BCUT2D eigenvalue weighted by Gasteiger charge is -2.22. The summed E-state index contributed by atoms with van der Waals surface area (Å²) in [5, 5.41) is 0. The van der Waals surface area contributed by atoms with Crippen molar-refractivity contribution in [3.8, 4) is 5.75 Å². The number of ether oxygens (including phenoxy) is 1. The maximum absolute atomic E-state index is 11.9. The van der Waals surface area contributed by atoms with Crippen LogP contribution in [0.2, 0.25) is 0 Å². The predicted molar refractivity (Wildman–Crippen MR) is 69.9 cm³/mol. The summed E-state index contributed by atoms with van der Waals surface area (Å²) in [5.74, 6) is 1.34. The van der Waals surface area contributed by atoms with Gasteiger partial charge in [-0.05, 0) is 24.1 Å². The van der Waals surface area contributed by atoms with Crippen molar-refractivity contribution in [3.63, 3.8) is 0 Å². The quantitative estimate of drug-likeness (QED) is 0.840. The maximum Gasteiger partial charge on any atom is 0.260 e. The Labute approximate surface area is 110 Å². The van der Waals surface area contributed by atoms with E-state index in [0.29, 0.717) is 12.5 Å². The fraction of sp³-hybridized carbons (Fsp3) is 0.462. The fourth-order valence-corrected chi connectivity index (χ4v) is 2.35. The van der Waals surface area contributed by atoms with E-state index in [1.165, 1.54) is 0 Å². The number of hydrogen-bond acceptors (Lipinski definition) is 2. The summed E-state index contributed by atoms with van der Waals surface area (Å²) < 4.78 is 6.53. The highest BCUT2D eigenvalue weighted by Gasteiger charge is 2.21. The fourth-order valence-electron chi connectivity index (χ4n) is 1.94. The van der Waals surface area contributed by atoms with Crippen molar-refractivity contribution in [3.05, 3.63) is 28.2 Å². The van der Waals surface area contributed by atoms with Crippen LogP contribution in [0.15, 0.2) is 22.7 Å². The molecule has 0 bridgehead atoms. The SMILES string of the molecule is CC(C)CN1Cc2cc(Br)ccc2OCC1=O. The van der Waals surface area contributed by atoms with Gasteiger partial charge in [0.15, 0.2) is 6.61 Å². The molecule has 4 heteroatoms. The highest BCUT2D eigenvalue weighted by molar-refractivity contribution is 9.10. The zero-order valence-electron chi connectivity index (χ0n) is 10.1. The van der Waals surface area contributed by atoms with Crippen LogP contribution in [0.1, 0.15) is 19.4 Å². The molecule has 0 fully saturated rings. The van der Waals surface area contributed by atoms with Gasteiger partial charge in [-0.1, -0.05) is 29.8 Å². The van der Waals surface area contributed by atoms with Gasteiger partial charge in [-0.3, -0.25) is 4.79 Å². The first-order chi connectivity index (χ1) is 8.06. The molecule has 0 atom stereocenters. The van der Waals surface area contributed by atoms with E-state index in [4.69, 9.17) is 4.74 Å². The normalized spacial score (nSPS) is 15.5. The second-order valence-electron chi connectivity index (χ2n) is 4.71. The van der Waals surface area contributed by atoms with Crippen LogP contribution < -0.4 is 4.74 Å². The molecule has 1 aliphatic rings. The van der Waals surface area contributed by atoms with Gasteiger partial charge in [0, 0.05) is 23.1 Å². The molecule has 17 heavy (non-hydrogen) atoms. The largest absolute Gasteiger partial charge is 0.483 e. The Morgan fingerprint density at radius 1 is 1.47 bits per heavy atom. The van der Waals surface area contributed by atoms with Crippen molar-refractivity contribution in [2.45, 2.75) is 20.4 Å². The molecule has 1 heterocycles. The molecule has 0 aliphatic carbocycles. The molecule has 0 unspecified atom stereocenters. The molecule has 0 saturated heterocycles. The van der Waals surface area contributed by atoms with E-state index in [1.807, 2.05) is 23.1 Å². The topological polar surface area (TPSA) is 29.5 Å². The predicted octanol–water partition coefficient (Wildman–Crippen LogP) is 2.83. The van der Waals surface area contributed by atoms with Gasteiger partial charge in [0.25, 0.3) is 5.91 Å². The highest BCUT2D eigenvalue weighted by Crippen LogP contribution is 2.27.